The number of aliphatic hydroxyl groups is 1. The summed E-state index contributed by atoms with van der Waals surface area (Å²) in [5, 5.41) is 15.1. The molecule has 0 saturated heterocycles. The van der Waals surface area contributed by atoms with Crippen LogP contribution in [0.25, 0.3) is 0 Å². The van der Waals surface area contributed by atoms with Gasteiger partial charge in [-0.1, -0.05) is 11.8 Å². The van der Waals surface area contributed by atoms with Crippen LogP contribution < -0.4 is 5.32 Å². The summed E-state index contributed by atoms with van der Waals surface area (Å²) >= 11 is 0. The van der Waals surface area contributed by atoms with E-state index in [4.69, 9.17) is 5.11 Å². The van der Waals surface area contributed by atoms with Crippen molar-refractivity contribution in [2.75, 3.05) is 11.9 Å². The van der Waals surface area contributed by atoms with E-state index >= 15 is 0 Å². The Balaban J connectivity index is 2.05. The molecule has 7 nitrogen and oxygen atoms in total. The highest BCUT2D eigenvalue weighted by atomic mass is 16.2. The second-order valence-electron chi connectivity index (χ2n) is 3.87. The number of rotatable bonds is 3. The summed E-state index contributed by atoms with van der Waals surface area (Å²) in [5.74, 6) is 5.60. The molecule has 7 heteroatoms. The number of hydrogen-bond acceptors (Lipinski definition) is 5. The molecule has 102 valence electrons. The van der Waals surface area contributed by atoms with Crippen LogP contribution in [-0.2, 0) is 7.05 Å². The highest BCUT2D eigenvalue weighted by Crippen LogP contribution is 2.04. The third-order valence-electron chi connectivity index (χ3n) is 2.40. The molecule has 2 heterocycles. The second-order valence-corrected chi connectivity index (χ2v) is 3.87. The van der Waals surface area contributed by atoms with Crippen LogP contribution in [0.1, 0.15) is 22.5 Å². The Morgan fingerprint density at radius 2 is 2.30 bits per heavy atom. The number of carbonyl (C=O) groups is 1. The van der Waals surface area contributed by atoms with Gasteiger partial charge in [0.1, 0.15) is 12.0 Å². The quantitative estimate of drug-likeness (QED) is 0.778. The van der Waals surface area contributed by atoms with Crippen molar-refractivity contribution >= 4 is 11.9 Å². The van der Waals surface area contributed by atoms with Crippen molar-refractivity contribution in [2.45, 2.75) is 6.42 Å². The Morgan fingerprint density at radius 3 is 2.90 bits per heavy atom. The van der Waals surface area contributed by atoms with Crippen molar-refractivity contribution in [1.29, 1.82) is 0 Å². The fraction of sp³-hybridized carbons (Fsp3) is 0.231. The van der Waals surface area contributed by atoms with Crippen molar-refractivity contribution < 1.29 is 9.90 Å². The summed E-state index contributed by atoms with van der Waals surface area (Å²) in [6.45, 7) is 0.0264. The number of aromatic nitrogens is 4. The number of hydrogen-bond donors (Lipinski definition) is 2. The zero-order chi connectivity index (χ0) is 14.4. The van der Waals surface area contributed by atoms with E-state index in [1.54, 1.807) is 19.2 Å². The topological polar surface area (TPSA) is 92.9 Å². The standard InChI is InChI=1S/C13H13N5O2/c1-18-13(15-9-16-18)17-12(20)11-6-5-10(8-14-11)4-2-3-7-19/h5-6,8-9,19H,3,7H2,1H3,(H,15,16,17,20). The van der Waals surface area contributed by atoms with Gasteiger partial charge in [-0.05, 0) is 12.1 Å². The first kappa shape index (κ1) is 13.7. The Bertz CT molecular complexity index is 651. The molecule has 2 aromatic heterocycles. The lowest BCUT2D eigenvalue weighted by Gasteiger charge is -2.02. The molecule has 0 aromatic carbocycles. The zero-order valence-corrected chi connectivity index (χ0v) is 10.9. The first-order valence-electron chi connectivity index (χ1n) is 5.92. The first-order chi connectivity index (χ1) is 9.70. The average molecular weight is 271 g/mol. The highest BCUT2D eigenvalue weighted by molar-refractivity contribution is 6.01. The maximum absolute atomic E-state index is 11.9. The lowest BCUT2D eigenvalue weighted by Crippen LogP contribution is -2.16. The van der Waals surface area contributed by atoms with Gasteiger partial charge in [0.25, 0.3) is 5.91 Å². The van der Waals surface area contributed by atoms with Crippen LogP contribution in [0.3, 0.4) is 0 Å². The molecule has 1 amide bonds. The lowest BCUT2D eigenvalue weighted by atomic mass is 10.2. The van der Waals surface area contributed by atoms with E-state index in [1.807, 2.05) is 0 Å². The van der Waals surface area contributed by atoms with Crippen molar-refractivity contribution in [3.05, 3.63) is 35.9 Å². The molecule has 2 rings (SSSR count). The van der Waals surface area contributed by atoms with Crippen LogP contribution in [0.15, 0.2) is 24.7 Å². The molecule has 0 fully saturated rings. The maximum atomic E-state index is 11.9. The molecule has 0 spiro atoms. The predicted molar refractivity (Wildman–Crippen MR) is 71.8 cm³/mol. The molecule has 0 atom stereocenters. The monoisotopic (exact) mass is 271 g/mol. The van der Waals surface area contributed by atoms with Crippen molar-refractivity contribution in [3.8, 4) is 11.8 Å². The fourth-order valence-electron chi connectivity index (χ4n) is 1.40. The summed E-state index contributed by atoms with van der Waals surface area (Å²) in [5.41, 5.74) is 0.953. The van der Waals surface area contributed by atoms with E-state index in [1.165, 1.54) is 17.2 Å². The van der Waals surface area contributed by atoms with E-state index in [0.717, 1.165) is 0 Å². The molecule has 0 saturated carbocycles. The number of pyridine rings is 1. The lowest BCUT2D eigenvalue weighted by molar-refractivity contribution is 0.102. The molecule has 2 aromatic rings. The van der Waals surface area contributed by atoms with Crippen LogP contribution in [0.5, 0.6) is 0 Å². The predicted octanol–water partition coefficient (Wildman–Crippen LogP) is 0.196. The summed E-state index contributed by atoms with van der Waals surface area (Å²) in [7, 11) is 1.68. The third kappa shape index (κ3) is 3.40. The number of carbonyl (C=O) groups excluding carboxylic acids is 1. The minimum absolute atomic E-state index is 0.0264. The van der Waals surface area contributed by atoms with E-state index in [9.17, 15) is 4.79 Å². The van der Waals surface area contributed by atoms with E-state index in [-0.39, 0.29) is 18.2 Å². The van der Waals surface area contributed by atoms with Crippen LogP contribution in [0.4, 0.5) is 5.95 Å². The molecule has 0 aliphatic rings. The van der Waals surface area contributed by atoms with Crippen molar-refractivity contribution in [3.63, 3.8) is 0 Å². The van der Waals surface area contributed by atoms with Gasteiger partial charge >= 0.3 is 0 Å². The second kappa shape index (κ2) is 6.45. The number of nitrogens with one attached hydrogen (secondary N) is 1. The molecule has 20 heavy (non-hydrogen) atoms. The molecular weight excluding hydrogens is 258 g/mol. The fourth-order valence-corrected chi connectivity index (χ4v) is 1.40. The van der Waals surface area contributed by atoms with E-state index in [0.29, 0.717) is 17.9 Å². The number of aliphatic hydroxyl groups excluding tert-OH is 1. The average Bonchev–Trinajstić information content (AvgIpc) is 2.85. The molecule has 0 aliphatic heterocycles. The minimum atomic E-state index is -0.365. The highest BCUT2D eigenvalue weighted by Gasteiger charge is 2.10. The largest absolute Gasteiger partial charge is 0.395 e. The first-order valence-corrected chi connectivity index (χ1v) is 5.92. The van der Waals surface area contributed by atoms with E-state index in [2.05, 4.69) is 32.2 Å². The summed E-state index contributed by atoms with van der Waals surface area (Å²) < 4.78 is 1.45. The minimum Gasteiger partial charge on any atom is -0.395 e. The Hall–Kier alpha value is -2.72. The zero-order valence-electron chi connectivity index (χ0n) is 10.9. The van der Waals surface area contributed by atoms with Gasteiger partial charge in [0, 0.05) is 25.2 Å². The number of aryl methyl sites for hydroxylation is 1. The van der Waals surface area contributed by atoms with Gasteiger partial charge in [-0.15, -0.1) is 0 Å². The van der Waals surface area contributed by atoms with Gasteiger partial charge in [-0.25, -0.2) is 9.67 Å². The molecule has 0 bridgehead atoms. The van der Waals surface area contributed by atoms with Crippen LogP contribution in [-0.4, -0.2) is 37.4 Å². The number of nitrogens with zero attached hydrogens (tertiary/aromatic N) is 4. The normalized spacial score (nSPS) is 9.70. The third-order valence-corrected chi connectivity index (χ3v) is 2.40. The number of amides is 1. The van der Waals surface area contributed by atoms with Gasteiger partial charge < -0.3 is 5.11 Å². The molecular formula is C13H13N5O2. The van der Waals surface area contributed by atoms with Crippen molar-refractivity contribution in [2.24, 2.45) is 7.05 Å². The Labute approximate surface area is 115 Å². The van der Waals surface area contributed by atoms with Gasteiger partial charge in [0.15, 0.2) is 0 Å². The SMILES string of the molecule is Cn1ncnc1NC(=O)c1ccc(C#CCCO)cn1. The van der Waals surface area contributed by atoms with Gasteiger partial charge in [-0.3, -0.25) is 10.1 Å². The maximum Gasteiger partial charge on any atom is 0.276 e. The molecule has 0 aliphatic carbocycles. The van der Waals surface area contributed by atoms with Gasteiger partial charge in [-0.2, -0.15) is 10.1 Å². The van der Waals surface area contributed by atoms with Crippen LogP contribution in [0, 0.1) is 11.8 Å². The molecule has 0 radical (unpaired) electrons. The van der Waals surface area contributed by atoms with Gasteiger partial charge in [0.2, 0.25) is 5.95 Å². The molecule has 0 unspecified atom stereocenters. The molecule has 2 N–H and O–H groups in total. The van der Waals surface area contributed by atoms with E-state index < -0.39 is 0 Å². The summed E-state index contributed by atoms with van der Waals surface area (Å²) in [6, 6.07) is 3.28. The summed E-state index contributed by atoms with van der Waals surface area (Å²) in [6.07, 6.45) is 3.27. The Morgan fingerprint density at radius 1 is 1.45 bits per heavy atom. The van der Waals surface area contributed by atoms with Crippen LogP contribution >= 0.6 is 0 Å². The van der Waals surface area contributed by atoms with Crippen LogP contribution in [0.2, 0.25) is 0 Å². The van der Waals surface area contributed by atoms with Crippen molar-refractivity contribution in [1.82, 2.24) is 19.7 Å². The summed E-state index contributed by atoms with van der Waals surface area (Å²) in [4.78, 5) is 19.8. The Kier molecular flexibility index (Phi) is 4.42. The smallest absolute Gasteiger partial charge is 0.276 e. The number of anilines is 1. The van der Waals surface area contributed by atoms with Gasteiger partial charge in [0.05, 0.1) is 6.61 Å².